The Morgan fingerprint density at radius 2 is 2.00 bits per heavy atom. The number of methoxy groups -OCH3 is 2. The number of pyridine rings is 2. The van der Waals surface area contributed by atoms with Crippen molar-refractivity contribution in [2.45, 2.75) is 18.4 Å². The van der Waals surface area contributed by atoms with E-state index < -0.39 is 5.60 Å². The highest BCUT2D eigenvalue weighted by molar-refractivity contribution is 6.04. The molecule has 2 aromatic heterocycles. The van der Waals surface area contributed by atoms with Gasteiger partial charge in [0.15, 0.2) is 0 Å². The number of anilines is 1. The second kappa shape index (κ2) is 7.58. The fourth-order valence-corrected chi connectivity index (χ4v) is 2.87. The van der Waals surface area contributed by atoms with Gasteiger partial charge in [-0.05, 0) is 18.2 Å². The van der Waals surface area contributed by atoms with Crippen molar-refractivity contribution in [2.24, 2.45) is 0 Å². The normalized spacial score (nSPS) is 16.2. The van der Waals surface area contributed by atoms with E-state index in [1.54, 1.807) is 25.4 Å². The zero-order valence-corrected chi connectivity index (χ0v) is 14.3. The van der Waals surface area contributed by atoms with Crippen LogP contribution in [0.15, 0.2) is 36.7 Å². The van der Waals surface area contributed by atoms with Crippen molar-refractivity contribution in [3.63, 3.8) is 0 Å². The zero-order chi connectivity index (χ0) is 17.7. The summed E-state index contributed by atoms with van der Waals surface area (Å²) in [4.78, 5) is 20.8. The molecular formula is C18H21N3O4. The molecule has 0 aromatic carbocycles. The van der Waals surface area contributed by atoms with Gasteiger partial charge in [0, 0.05) is 51.0 Å². The monoisotopic (exact) mass is 343 g/mol. The van der Waals surface area contributed by atoms with Crippen molar-refractivity contribution < 1.29 is 19.0 Å². The summed E-state index contributed by atoms with van der Waals surface area (Å²) in [7, 11) is 3.20. The van der Waals surface area contributed by atoms with Crippen LogP contribution in [-0.2, 0) is 15.1 Å². The van der Waals surface area contributed by atoms with E-state index in [2.05, 4.69) is 15.3 Å². The molecule has 3 rings (SSSR count). The Bertz CT molecular complexity index is 727. The minimum atomic E-state index is -0.417. The molecule has 0 aliphatic carbocycles. The van der Waals surface area contributed by atoms with Gasteiger partial charge in [0.25, 0.3) is 5.91 Å². The fourth-order valence-electron chi connectivity index (χ4n) is 2.87. The first-order valence-corrected chi connectivity index (χ1v) is 8.08. The maximum Gasteiger partial charge on any atom is 0.255 e. The standard InChI is InChI=1S/C18H21N3O4/c1-23-16-11-13(5-8-19-16)17(22)21-14-3-4-15(20-12-14)18(24-2)6-9-25-10-7-18/h3-5,8,11-12H,6-7,9-10H2,1-2H3,(H,21,22). The molecule has 1 aliphatic rings. The van der Waals surface area contributed by atoms with Gasteiger partial charge in [-0.3, -0.25) is 9.78 Å². The minimum Gasteiger partial charge on any atom is -0.481 e. The van der Waals surface area contributed by atoms with Crippen LogP contribution in [0.3, 0.4) is 0 Å². The van der Waals surface area contributed by atoms with Crippen LogP contribution >= 0.6 is 0 Å². The molecule has 1 aliphatic heterocycles. The summed E-state index contributed by atoms with van der Waals surface area (Å²) >= 11 is 0. The molecule has 0 unspecified atom stereocenters. The van der Waals surface area contributed by atoms with E-state index in [9.17, 15) is 4.79 Å². The summed E-state index contributed by atoms with van der Waals surface area (Å²) in [5.41, 5.74) is 1.51. The molecule has 0 radical (unpaired) electrons. The van der Waals surface area contributed by atoms with Gasteiger partial charge in [-0.25, -0.2) is 4.98 Å². The van der Waals surface area contributed by atoms with Gasteiger partial charge in [-0.15, -0.1) is 0 Å². The number of nitrogens with zero attached hydrogens (tertiary/aromatic N) is 2. The molecule has 2 aromatic rings. The van der Waals surface area contributed by atoms with Crippen molar-refractivity contribution in [1.82, 2.24) is 9.97 Å². The molecule has 0 saturated carbocycles. The Morgan fingerprint density at radius 3 is 2.64 bits per heavy atom. The molecule has 0 atom stereocenters. The highest BCUT2D eigenvalue weighted by Gasteiger charge is 2.35. The predicted octanol–water partition coefficient (Wildman–Crippen LogP) is 2.39. The average Bonchev–Trinajstić information content (AvgIpc) is 2.69. The highest BCUT2D eigenvalue weighted by Crippen LogP contribution is 2.34. The number of aromatic nitrogens is 2. The molecule has 7 nitrogen and oxygen atoms in total. The molecule has 1 fully saturated rings. The lowest BCUT2D eigenvalue weighted by Crippen LogP contribution is -2.36. The number of hydrogen-bond acceptors (Lipinski definition) is 6. The maximum atomic E-state index is 12.3. The third-order valence-electron chi connectivity index (χ3n) is 4.39. The smallest absolute Gasteiger partial charge is 0.255 e. The van der Waals surface area contributed by atoms with Crippen LogP contribution in [0.4, 0.5) is 5.69 Å². The van der Waals surface area contributed by atoms with Gasteiger partial charge >= 0.3 is 0 Å². The molecule has 7 heteroatoms. The molecule has 1 N–H and O–H groups in total. The molecule has 132 valence electrons. The lowest BCUT2D eigenvalue weighted by molar-refractivity contribution is -0.0972. The number of carbonyl (C=O) groups excluding carboxylic acids is 1. The van der Waals surface area contributed by atoms with Gasteiger partial charge in [0.1, 0.15) is 5.60 Å². The first-order valence-electron chi connectivity index (χ1n) is 8.08. The predicted molar refractivity (Wildman–Crippen MR) is 91.7 cm³/mol. The molecule has 1 amide bonds. The van der Waals surface area contributed by atoms with E-state index in [0.717, 1.165) is 18.5 Å². The van der Waals surface area contributed by atoms with Crippen molar-refractivity contribution in [1.29, 1.82) is 0 Å². The molecule has 0 bridgehead atoms. The van der Waals surface area contributed by atoms with E-state index >= 15 is 0 Å². The van der Waals surface area contributed by atoms with Crippen LogP contribution in [-0.4, -0.2) is 43.3 Å². The Morgan fingerprint density at radius 1 is 1.20 bits per heavy atom. The van der Waals surface area contributed by atoms with Crippen LogP contribution < -0.4 is 10.1 Å². The van der Waals surface area contributed by atoms with Crippen LogP contribution in [0.1, 0.15) is 28.9 Å². The average molecular weight is 343 g/mol. The number of nitrogens with one attached hydrogen (secondary N) is 1. The molecular weight excluding hydrogens is 322 g/mol. The van der Waals surface area contributed by atoms with Gasteiger partial charge in [0.2, 0.25) is 5.88 Å². The van der Waals surface area contributed by atoms with E-state index in [0.29, 0.717) is 30.3 Å². The first-order chi connectivity index (χ1) is 12.2. The van der Waals surface area contributed by atoms with Crippen LogP contribution in [0.5, 0.6) is 5.88 Å². The van der Waals surface area contributed by atoms with E-state index in [1.165, 1.54) is 13.3 Å². The lowest BCUT2D eigenvalue weighted by Gasteiger charge is -2.35. The van der Waals surface area contributed by atoms with Crippen molar-refractivity contribution in [2.75, 3.05) is 32.8 Å². The zero-order valence-electron chi connectivity index (χ0n) is 14.3. The Labute approximate surface area is 146 Å². The van der Waals surface area contributed by atoms with Crippen LogP contribution in [0.25, 0.3) is 0 Å². The Balaban J connectivity index is 1.72. The van der Waals surface area contributed by atoms with E-state index in [1.807, 2.05) is 12.1 Å². The third-order valence-corrected chi connectivity index (χ3v) is 4.39. The van der Waals surface area contributed by atoms with E-state index in [-0.39, 0.29) is 5.91 Å². The van der Waals surface area contributed by atoms with Gasteiger partial charge in [-0.2, -0.15) is 0 Å². The first kappa shape index (κ1) is 17.3. The number of amides is 1. The lowest BCUT2D eigenvalue weighted by atomic mass is 9.90. The summed E-state index contributed by atoms with van der Waals surface area (Å²) in [6, 6.07) is 6.92. The van der Waals surface area contributed by atoms with Crippen LogP contribution in [0, 0.1) is 0 Å². The summed E-state index contributed by atoms with van der Waals surface area (Å²) in [6.45, 7) is 1.30. The summed E-state index contributed by atoms with van der Waals surface area (Å²) in [6.07, 6.45) is 4.70. The second-order valence-corrected chi connectivity index (χ2v) is 5.78. The number of hydrogen-bond donors (Lipinski definition) is 1. The highest BCUT2D eigenvalue weighted by atomic mass is 16.5. The molecule has 0 spiro atoms. The van der Waals surface area contributed by atoms with Crippen molar-refractivity contribution in [3.8, 4) is 5.88 Å². The summed E-state index contributed by atoms with van der Waals surface area (Å²) in [5, 5.41) is 2.82. The largest absolute Gasteiger partial charge is 0.481 e. The minimum absolute atomic E-state index is 0.247. The number of ether oxygens (including phenoxy) is 3. The molecule has 3 heterocycles. The molecule has 1 saturated heterocycles. The summed E-state index contributed by atoms with van der Waals surface area (Å²) < 4.78 is 16.2. The number of carbonyl (C=O) groups is 1. The van der Waals surface area contributed by atoms with Gasteiger partial charge < -0.3 is 19.5 Å². The quantitative estimate of drug-likeness (QED) is 0.897. The fraction of sp³-hybridized carbons (Fsp3) is 0.389. The SMILES string of the molecule is COc1cc(C(=O)Nc2ccc(C3(OC)CCOCC3)nc2)ccn1. The van der Waals surface area contributed by atoms with E-state index in [4.69, 9.17) is 14.2 Å². The topological polar surface area (TPSA) is 82.6 Å². The third kappa shape index (κ3) is 3.78. The maximum absolute atomic E-state index is 12.3. The number of rotatable bonds is 5. The molecule has 25 heavy (non-hydrogen) atoms. The van der Waals surface area contributed by atoms with Crippen molar-refractivity contribution in [3.05, 3.63) is 47.9 Å². The van der Waals surface area contributed by atoms with Crippen molar-refractivity contribution >= 4 is 11.6 Å². The second-order valence-electron chi connectivity index (χ2n) is 5.78. The van der Waals surface area contributed by atoms with Gasteiger partial charge in [-0.1, -0.05) is 0 Å². The van der Waals surface area contributed by atoms with Gasteiger partial charge in [0.05, 0.1) is 24.7 Å². The Hall–Kier alpha value is -2.51. The van der Waals surface area contributed by atoms with Crippen LogP contribution in [0.2, 0.25) is 0 Å². The Kier molecular flexibility index (Phi) is 5.25. The summed E-state index contributed by atoms with van der Waals surface area (Å²) in [5.74, 6) is 0.144.